The molecule has 0 spiro atoms. The Morgan fingerprint density at radius 3 is 0.700 bits per heavy atom. The second-order valence-corrected chi connectivity index (χ2v) is 12.5. The summed E-state index contributed by atoms with van der Waals surface area (Å²) in [7, 11) is 0. The van der Waals surface area contributed by atoms with Gasteiger partial charge in [-0.3, -0.25) is 4.74 Å². The number of benzene rings is 1. The molecule has 60 heavy (non-hydrogen) atoms. The van der Waals surface area contributed by atoms with Crippen molar-refractivity contribution >= 4 is 22.6 Å². The maximum atomic E-state index is 14.5. The van der Waals surface area contributed by atoms with Gasteiger partial charge in [0.1, 0.15) is 0 Å². The summed E-state index contributed by atoms with van der Waals surface area (Å²) >= 11 is -1.09. The van der Waals surface area contributed by atoms with Gasteiger partial charge in [-0.05, 0) is 0 Å². The second kappa shape index (κ2) is 14.2. The van der Waals surface area contributed by atoms with Gasteiger partial charge in [-0.15, -0.1) is 0 Å². The largest absolute Gasteiger partial charge is 0.458 e. The Morgan fingerprint density at radius 2 is 0.483 bits per heavy atom. The molecular formula is C23H4F35IO. The highest BCUT2D eigenvalue weighted by molar-refractivity contribution is 14.1. The number of halogens is 36. The van der Waals surface area contributed by atoms with Crippen molar-refractivity contribution in [1.82, 2.24) is 0 Å². The van der Waals surface area contributed by atoms with E-state index in [1.165, 1.54) is 0 Å². The van der Waals surface area contributed by atoms with Gasteiger partial charge in [0.15, 0.2) is 0 Å². The summed E-state index contributed by atoms with van der Waals surface area (Å²) in [6, 6.07) is -6.34. The molecule has 0 saturated carbocycles. The van der Waals surface area contributed by atoms with E-state index in [1.54, 1.807) is 0 Å². The minimum atomic E-state index is -9.67. The van der Waals surface area contributed by atoms with E-state index in [1.807, 2.05) is 0 Å². The molecule has 0 fully saturated rings. The van der Waals surface area contributed by atoms with Crippen molar-refractivity contribution < 1.29 is 158 Å². The van der Waals surface area contributed by atoms with Crippen LogP contribution in [0.4, 0.5) is 154 Å². The molecular weight excluding hydrogens is 1080 g/mol. The molecule has 37 heteroatoms. The molecule has 1 rings (SSSR count). The summed E-state index contributed by atoms with van der Waals surface area (Å²) in [5.41, 5.74) is -6.93. The van der Waals surface area contributed by atoms with Gasteiger partial charge in [-0.1, -0.05) is 24.3 Å². The van der Waals surface area contributed by atoms with Gasteiger partial charge in [-0.25, -0.2) is 0 Å². The first-order chi connectivity index (χ1) is 25.4. The molecule has 0 saturated heterocycles. The second-order valence-electron chi connectivity index (χ2n) is 11.2. The first-order valence-corrected chi connectivity index (χ1v) is 14.1. The molecule has 0 aromatic heterocycles. The Balaban J connectivity index is 3.89. The van der Waals surface area contributed by atoms with E-state index in [9.17, 15) is 154 Å². The van der Waals surface area contributed by atoms with Gasteiger partial charge in [0, 0.05) is 33.7 Å². The van der Waals surface area contributed by atoms with Crippen LogP contribution in [0.3, 0.4) is 0 Å². The zero-order chi connectivity index (χ0) is 49.2. The molecule has 0 N–H and O–H groups in total. The van der Waals surface area contributed by atoms with Crippen molar-refractivity contribution in [3.8, 4) is 0 Å². The zero-order valence-electron chi connectivity index (χ0n) is 25.8. The fraction of sp³-hybridized carbons (Fsp3) is 0.739. The fourth-order valence-corrected chi connectivity index (χ4v) is 4.05. The molecule has 0 amide bonds. The number of rotatable bonds is 16. The Morgan fingerprint density at radius 1 is 0.283 bits per heavy atom. The van der Waals surface area contributed by atoms with E-state index in [0.29, 0.717) is 0 Å². The van der Waals surface area contributed by atoms with Crippen LogP contribution in [0.25, 0.3) is 0 Å². The highest BCUT2D eigenvalue weighted by atomic mass is 127. The fourth-order valence-electron chi connectivity index (χ4n) is 3.71. The van der Waals surface area contributed by atoms with Crippen LogP contribution < -0.4 is 0 Å². The number of hydrogen-bond donors (Lipinski definition) is 0. The normalized spacial score (nSPS) is 16.7. The molecule has 0 atom stereocenters. The molecule has 0 radical (unpaired) electrons. The smallest absolute Gasteiger partial charge is 0.262 e. The molecule has 0 unspecified atom stereocenters. The number of ether oxygens (including phenoxy) is 1. The Labute approximate surface area is 316 Å². The molecule has 0 bridgehead atoms. The van der Waals surface area contributed by atoms with E-state index in [4.69, 9.17) is 0 Å². The molecule has 1 aromatic carbocycles. The van der Waals surface area contributed by atoms with E-state index in [2.05, 4.69) is 0 Å². The van der Waals surface area contributed by atoms with Crippen molar-refractivity contribution in [3.05, 3.63) is 35.4 Å². The maximum Gasteiger partial charge on any atom is 0.458 e. The lowest BCUT2D eigenvalue weighted by Gasteiger charge is -2.44. The summed E-state index contributed by atoms with van der Waals surface area (Å²) in [5, 5.41) is 0. The van der Waals surface area contributed by atoms with Crippen molar-refractivity contribution in [2.24, 2.45) is 0 Å². The Bertz CT molecular complexity index is 1680. The van der Waals surface area contributed by atoms with Crippen molar-refractivity contribution in [3.63, 3.8) is 0 Å². The summed E-state index contributed by atoms with van der Waals surface area (Å²) in [6.45, 7) is 0. The van der Waals surface area contributed by atoms with Gasteiger partial charge in [0.25, 0.3) is 0 Å². The van der Waals surface area contributed by atoms with Gasteiger partial charge >= 0.3 is 99.3 Å². The predicted molar refractivity (Wildman–Crippen MR) is 125 cm³/mol. The molecule has 0 aliphatic carbocycles. The average molecular weight is 1090 g/mol. The van der Waals surface area contributed by atoms with Gasteiger partial charge in [0.05, 0.1) is 0 Å². The highest BCUT2D eigenvalue weighted by Gasteiger charge is 2.96. The summed E-state index contributed by atoms with van der Waals surface area (Å²) in [5.74, 6) is -113. The minimum absolute atomic E-state index is 0.840. The topological polar surface area (TPSA) is 9.23 Å². The van der Waals surface area contributed by atoms with Crippen LogP contribution in [-0.4, -0.2) is 87.5 Å². The van der Waals surface area contributed by atoms with E-state index >= 15 is 0 Å². The maximum absolute atomic E-state index is 14.5. The third-order valence-electron chi connectivity index (χ3n) is 7.27. The van der Waals surface area contributed by atoms with Crippen molar-refractivity contribution in [2.75, 3.05) is 0 Å². The summed E-state index contributed by atoms with van der Waals surface area (Å²) < 4.78 is 471. The van der Waals surface area contributed by atoms with Gasteiger partial charge in [-0.2, -0.15) is 154 Å². The third kappa shape index (κ3) is 7.17. The van der Waals surface area contributed by atoms with E-state index < -0.39 is 157 Å². The molecule has 0 heterocycles. The third-order valence-corrected chi connectivity index (χ3v) is 7.95. The van der Waals surface area contributed by atoms with E-state index in [0.717, 1.165) is 4.74 Å². The first-order valence-electron chi connectivity index (χ1n) is 13.0. The Kier molecular flexibility index (Phi) is 13.2. The van der Waals surface area contributed by atoms with Crippen LogP contribution in [0.1, 0.15) is 11.1 Å². The van der Waals surface area contributed by atoms with Crippen LogP contribution in [0, 0.1) is 0 Å². The van der Waals surface area contributed by atoms with Crippen molar-refractivity contribution in [1.29, 1.82) is 0 Å². The van der Waals surface area contributed by atoms with E-state index in [-0.39, 0.29) is 0 Å². The van der Waals surface area contributed by atoms with Crippen LogP contribution in [0.15, 0.2) is 24.3 Å². The quantitative estimate of drug-likeness (QED) is 0.0911. The van der Waals surface area contributed by atoms with Gasteiger partial charge in [0.2, 0.25) is 0 Å². The Hall–Kier alpha value is -2.54. The van der Waals surface area contributed by atoms with Crippen LogP contribution in [0.2, 0.25) is 0 Å². The highest BCUT2D eigenvalue weighted by Crippen LogP contribution is 2.67. The van der Waals surface area contributed by atoms with Crippen molar-refractivity contribution in [2.45, 2.75) is 99.3 Å². The lowest BCUT2D eigenvalue weighted by Crippen LogP contribution is -2.75. The SMILES string of the molecule is FC(F)(F)C(F)(OC(F)(F)C(F)(F)C(F)(F)C(F)(F)C(F)(F)C(F)(F)C(F)(F)C(F)(F)c1ccc(C(F)(F)C(F)(F)C(F)(F)C(F)(F)C(F)(F)C(F)(F)I)cc1)C(F)(F)F. The van der Waals surface area contributed by atoms with Crippen LogP contribution >= 0.6 is 22.6 Å². The first kappa shape index (κ1) is 55.5. The molecule has 1 aromatic rings. The predicted octanol–water partition coefficient (Wildman–Crippen LogP) is 13.7. The molecule has 1 nitrogen and oxygen atoms in total. The monoisotopic (exact) mass is 1090 g/mol. The lowest BCUT2D eigenvalue weighted by atomic mass is 9.86. The summed E-state index contributed by atoms with van der Waals surface area (Å²) in [6.07, 6.45) is -25.4. The van der Waals surface area contributed by atoms with Crippen LogP contribution in [0.5, 0.6) is 0 Å². The molecule has 354 valence electrons. The molecule has 0 aliphatic heterocycles. The van der Waals surface area contributed by atoms with Gasteiger partial charge < -0.3 is 0 Å². The number of alkyl halides is 36. The van der Waals surface area contributed by atoms with Crippen LogP contribution in [-0.2, 0) is 16.6 Å². The average Bonchev–Trinajstić information content (AvgIpc) is 3.01. The minimum Gasteiger partial charge on any atom is -0.262 e. The zero-order valence-corrected chi connectivity index (χ0v) is 28.0. The number of hydrogen-bond acceptors (Lipinski definition) is 1. The summed E-state index contributed by atoms with van der Waals surface area (Å²) in [4.78, 5) is 0. The molecule has 0 aliphatic rings. The lowest BCUT2D eigenvalue weighted by molar-refractivity contribution is -0.528. The standard InChI is InChI=1S/C23H4F35IO/c24-7(25,5-1-3-6(4-2-5)8(26,27)10(30,31)12(34,35)15(40,41)17(44,45)22(55,56)59)9(28,29)11(32,33)13(36,37)14(38,39)16(42,43)18(46,47)23(57,58)60-19(48,20(49,50)51)21(52,53)54/h1-4H.